The molecule has 4 nitrogen and oxygen atoms in total. The molecule has 0 amide bonds. The third-order valence-corrected chi connectivity index (χ3v) is 4.04. The van der Waals surface area contributed by atoms with E-state index in [1.54, 1.807) is 0 Å². The van der Waals surface area contributed by atoms with Crippen molar-refractivity contribution in [2.75, 3.05) is 0 Å². The fourth-order valence-corrected chi connectivity index (χ4v) is 2.75. The molecule has 1 aliphatic carbocycles. The molecule has 2 heterocycles. The van der Waals surface area contributed by atoms with Crippen molar-refractivity contribution >= 4 is 17.3 Å². The summed E-state index contributed by atoms with van der Waals surface area (Å²) in [6, 6.07) is 3.74. The third kappa shape index (κ3) is 1.67. The van der Waals surface area contributed by atoms with Crippen LogP contribution in [0, 0.1) is 0 Å². The van der Waals surface area contributed by atoms with Gasteiger partial charge in [-0.1, -0.05) is 17.6 Å². The van der Waals surface area contributed by atoms with E-state index >= 15 is 0 Å². The zero-order chi connectivity index (χ0) is 11.8. The first-order valence-corrected chi connectivity index (χ1v) is 6.42. The predicted molar refractivity (Wildman–Crippen MR) is 63.4 cm³/mol. The van der Waals surface area contributed by atoms with Gasteiger partial charge < -0.3 is 9.63 Å². The number of hydrogen-bond donors (Lipinski definition) is 1. The molecule has 5 heteroatoms. The van der Waals surface area contributed by atoms with E-state index in [2.05, 4.69) is 5.16 Å². The summed E-state index contributed by atoms with van der Waals surface area (Å²) >= 11 is 1.47. The average molecular weight is 249 g/mol. The normalized spacial score (nSPS) is 15.8. The molecule has 1 saturated carbocycles. The fraction of sp³-hybridized carbons (Fsp3) is 0.333. The molecule has 0 spiro atoms. The monoisotopic (exact) mass is 249 g/mol. The van der Waals surface area contributed by atoms with Gasteiger partial charge in [0.1, 0.15) is 11.3 Å². The van der Waals surface area contributed by atoms with Gasteiger partial charge in [-0.15, -0.1) is 11.3 Å². The number of carboxylic acid groups (broad SMARTS) is 1. The van der Waals surface area contributed by atoms with Crippen LogP contribution in [0.4, 0.5) is 0 Å². The Balaban J connectivity index is 2.10. The lowest BCUT2D eigenvalue weighted by molar-refractivity contribution is 0.0693. The highest BCUT2D eigenvalue weighted by Gasteiger charge is 2.32. The molecule has 1 fully saturated rings. The summed E-state index contributed by atoms with van der Waals surface area (Å²) in [6.45, 7) is 0. The SMILES string of the molecule is O=C(O)c1c(-c2cccs2)noc1C1CCC1. The van der Waals surface area contributed by atoms with E-state index < -0.39 is 5.97 Å². The highest BCUT2D eigenvalue weighted by Crippen LogP contribution is 2.41. The molecule has 2 aromatic heterocycles. The summed E-state index contributed by atoms with van der Waals surface area (Å²) in [5, 5.41) is 15.1. The van der Waals surface area contributed by atoms with Crippen molar-refractivity contribution in [3.63, 3.8) is 0 Å². The summed E-state index contributed by atoms with van der Waals surface area (Å²) in [4.78, 5) is 12.2. The molecule has 0 aliphatic heterocycles. The summed E-state index contributed by atoms with van der Waals surface area (Å²) in [5.74, 6) is -0.161. The Morgan fingerprint density at radius 3 is 2.88 bits per heavy atom. The van der Waals surface area contributed by atoms with Crippen LogP contribution in [0.25, 0.3) is 10.6 Å². The minimum Gasteiger partial charge on any atom is -0.477 e. The van der Waals surface area contributed by atoms with Gasteiger partial charge in [-0.05, 0) is 24.3 Å². The van der Waals surface area contributed by atoms with Crippen LogP contribution in [-0.4, -0.2) is 16.2 Å². The second-order valence-electron chi connectivity index (χ2n) is 4.18. The Hall–Kier alpha value is -1.62. The lowest BCUT2D eigenvalue weighted by Gasteiger charge is -2.22. The van der Waals surface area contributed by atoms with E-state index in [1.807, 2.05) is 17.5 Å². The van der Waals surface area contributed by atoms with E-state index in [9.17, 15) is 9.90 Å². The zero-order valence-corrected chi connectivity index (χ0v) is 9.87. The van der Waals surface area contributed by atoms with Gasteiger partial charge in [0.15, 0.2) is 5.76 Å². The Bertz CT molecular complexity index is 540. The van der Waals surface area contributed by atoms with Crippen molar-refractivity contribution in [2.24, 2.45) is 0 Å². The maximum absolute atomic E-state index is 11.3. The number of hydrogen-bond acceptors (Lipinski definition) is 4. The van der Waals surface area contributed by atoms with Gasteiger partial charge in [0, 0.05) is 5.92 Å². The Morgan fingerprint density at radius 1 is 1.53 bits per heavy atom. The molecular formula is C12H11NO3S. The molecule has 0 atom stereocenters. The van der Waals surface area contributed by atoms with Crippen molar-refractivity contribution in [1.29, 1.82) is 0 Å². The molecular weight excluding hydrogens is 238 g/mol. The Kier molecular flexibility index (Phi) is 2.48. The molecule has 0 saturated heterocycles. The molecule has 0 bridgehead atoms. The van der Waals surface area contributed by atoms with E-state index in [-0.39, 0.29) is 11.5 Å². The van der Waals surface area contributed by atoms with Crippen molar-refractivity contribution in [3.05, 3.63) is 28.8 Å². The third-order valence-electron chi connectivity index (χ3n) is 3.16. The summed E-state index contributed by atoms with van der Waals surface area (Å²) in [5.41, 5.74) is 0.714. The van der Waals surface area contributed by atoms with Crippen LogP contribution in [0.5, 0.6) is 0 Å². The molecule has 0 unspecified atom stereocenters. The molecule has 1 aliphatic rings. The van der Waals surface area contributed by atoms with Gasteiger partial charge in [0.25, 0.3) is 0 Å². The van der Waals surface area contributed by atoms with Gasteiger partial charge in [0.05, 0.1) is 4.88 Å². The average Bonchev–Trinajstić information content (AvgIpc) is 2.80. The summed E-state index contributed by atoms with van der Waals surface area (Å²) in [6.07, 6.45) is 3.14. The largest absolute Gasteiger partial charge is 0.477 e. The number of aromatic carboxylic acids is 1. The molecule has 0 radical (unpaired) electrons. The molecule has 1 N–H and O–H groups in total. The van der Waals surface area contributed by atoms with Crippen molar-refractivity contribution in [2.45, 2.75) is 25.2 Å². The molecule has 17 heavy (non-hydrogen) atoms. The van der Waals surface area contributed by atoms with Crippen LogP contribution >= 0.6 is 11.3 Å². The number of rotatable bonds is 3. The van der Waals surface area contributed by atoms with Crippen LogP contribution in [-0.2, 0) is 0 Å². The minimum absolute atomic E-state index is 0.238. The van der Waals surface area contributed by atoms with Crippen LogP contribution < -0.4 is 0 Å². The van der Waals surface area contributed by atoms with Crippen molar-refractivity contribution in [1.82, 2.24) is 5.16 Å². The maximum Gasteiger partial charge on any atom is 0.341 e. The predicted octanol–water partition coefficient (Wildman–Crippen LogP) is 3.37. The first-order chi connectivity index (χ1) is 8.27. The van der Waals surface area contributed by atoms with Crippen molar-refractivity contribution in [3.8, 4) is 10.6 Å². The van der Waals surface area contributed by atoms with Gasteiger partial charge in [-0.2, -0.15) is 0 Å². The highest BCUT2D eigenvalue weighted by molar-refractivity contribution is 7.13. The molecule has 3 rings (SSSR count). The second-order valence-corrected chi connectivity index (χ2v) is 5.13. The Labute approximate surface area is 102 Å². The molecule has 88 valence electrons. The number of carboxylic acids is 1. The van der Waals surface area contributed by atoms with Gasteiger partial charge in [-0.25, -0.2) is 4.79 Å². The van der Waals surface area contributed by atoms with Crippen LogP contribution in [0.2, 0.25) is 0 Å². The van der Waals surface area contributed by atoms with Gasteiger partial charge in [-0.3, -0.25) is 0 Å². The van der Waals surface area contributed by atoms with Crippen LogP contribution in [0.3, 0.4) is 0 Å². The first kappa shape index (κ1) is 10.5. The molecule has 0 aromatic carbocycles. The van der Waals surface area contributed by atoms with Crippen LogP contribution in [0.15, 0.2) is 22.0 Å². The number of nitrogens with zero attached hydrogens (tertiary/aromatic N) is 1. The second kappa shape index (κ2) is 4.00. The standard InChI is InChI=1S/C12H11NO3S/c14-12(15)9-10(8-5-2-6-17-8)13-16-11(9)7-3-1-4-7/h2,5-7H,1,3-4H2,(H,14,15). The van der Waals surface area contributed by atoms with E-state index in [1.165, 1.54) is 11.3 Å². The number of carbonyl (C=O) groups is 1. The smallest absolute Gasteiger partial charge is 0.341 e. The van der Waals surface area contributed by atoms with Crippen LogP contribution in [0.1, 0.15) is 41.3 Å². The minimum atomic E-state index is -0.948. The molecule has 2 aromatic rings. The van der Waals surface area contributed by atoms with Crippen molar-refractivity contribution < 1.29 is 14.4 Å². The van der Waals surface area contributed by atoms with E-state index in [0.717, 1.165) is 24.1 Å². The lowest BCUT2D eigenvalue weighted by atomic mass is 9.82. The number of thiophene rings is 1. The van der Waals surface area contributed by atoms with E-state index in [4.69, 9.17) is 4.52 Å². The number of aromatic nitrogens is 1. The summed E-state index contributed by atoms with van der Waals surface area (Å²) in [7, 11) is 0. The van der Waals surface area contributed by atoms with Gasteiger partial charge >= 0.3 is 5.97 Å². The lowest BCUT2D eigenvalue weighted by Crippen LogP contribution is -2.12. The summed E-state index contributed by atoms with van der Waals surface area (Å²) < 4.78 is 5.26. The van der Waals surface area contributed by atoms with Gasteiger partial charge in [0.2, 0.25) is 0 Å². The maximum atomic E-state index is 11.3. The van der Waals surface area contributed by atoms with E-state index in [0.29, 0.717) is 11.5 Å². The fourth-order valence-electron chi connectivity index (χ4n) is 2.04. The zero-order valence-electron chi connectivity index (χ0n) is 9.05. The quantitative estimate of drug-likeness (QED) is 0.905. The topological polar surface area (TPSA) is 63.3 Å². The Morgan fingerprint density at radius 2 is 2.35 bits per heavy atom. The highest BCUT2D eigenvalue weighted by atomic mass is 32.1. The first-order valence-electron chi connectivity index (χ1n) is 5.54.